The van der Waals surface area contributed by atoms with Crippen LogP contribution in [0.3, 0.4) is 0 Å². The van der Waals surface area contributed by atoms with Crippen LogP contribution in [0.15, 0.2) is 36.4 Å². The molecule has 0 unspecified atom stereocenters. The third-order valence-corrected chi connectivity index (χ3v) is 2.93. The van der Waals surface area contributed by atoms with Crippen LogP contribution in [0.5, 0.6) is 0 Å². The molecule has 0 atom stereocenters. The van der Waals surface area contributed by atoms with Gasteiger partial charge in [0, 0.05) is 5.69 Å². The Labute approximate surface area is 116 Å². The summed E-state index contributed by atoms with van der Waals surface area (Å²) in [5.74, 6) is -0.733. The fourth-order valence-corrected chi connectivity index (χ4v) is 1.83. The van der Waals surface area contributed by atoms with Gasteiger partial charge in [-0.15, -0.1) is 0 Å². The van der Waals surface area contributed by atoms with Crippen LogP contribution in [0.1, 0.15) is 15.9 Å². The lowest BCUT2D eigenvalue weighted by atomic mass is 10.1. The number of carbonyl (C=O) groups is 1. The highest BCUT2D eigenvalue weighted by atomic mass is 19.1. The quantitative estimate of drug-likeness (QED) is 0.666. The number of anilines is 3. The molecule has 0 spiro atoms. The van der Waals surface area contributed by atoms with E-state index in [4.69, 9.17) is 5.73 Å². The second-order valence-electron chi connectivity index (χ2n) is 4.38. The minimum atomic E-state index is -0.443. The number of rotatable bonds is 3. The lowest BCUT2D eigenvalue weighted by Gasteiger charge is -2.12. The molecule has 0 saturated carbocycles. The van der Waals surface area contributed by atoms with Gasteiger partial charge in [0.15, 0.2) is 0 Å². The van der Waals surface area contributed by atoms with Crippen LogP contribution in [0, 0.1) is 12.7 Å². The first-order valence-electron chi connectivity index (χ1n) is 6.02. The van der Waals surface area contributed by atoms with Gasteiger partial charge in [-0.3, -0.25) is 0 Å². The highest BCUT2D eigenvalue weighted by Crippen LogP contribution is 2.26. The lowest BCUT2D eigenvalue weighted by molar-refractivity contribution is 0.0601. The predicted molar refractivity (Wildman–Crippen MR) is 76.6 cm³/mol. The van der Waals surface area contributed by atoms with E-state index in [9.17, 15) is 9.18 Å². The number of halogens is 1. The van der Waals surface area contributed by atoms with Crippen molar-refractivity contribution < 1.29 is 13.9 Å². The van der Waals surface area contributed by atoms with Crippen LogP contribution in [-0.4, -0.2) is 13.1 Å². The van der Waals surface area contributed by atoms with E-state index in [1.54, 1.807) is 25.1 Å². The second kappa shape index (κ2) is 5.61. The maximum Gasteiger partial charge on any atom is 0.337 e. The number of carbonyl (C=O) groups excluding carboxylic acids is 1. The number of hydrogen-bond acceptors (Lipinski definition) is 4. The fraction of sp³-hybridized carbons (Fsp3) is 0.133. The van der Waals surface area contributed by atoms with E-state index in [1.165, 1.54) is 25.3 Å². The molecule has 104 valence electrons. The van der Waals surface area contributed by atoms with Crippen LogP contribution in [0.4, 0.5) is 21.5 Å². The largest absolute Gasteiger partial charge is 0.465 e. The van der Waals surface area contributed by atoms with E-state index in [1.807, 2.05) is 0 Å². The summed E-state index contributed by atoms with van der Waals surface area (Å²) in [7, 11) is 1.31. The third kappa shape index (κ3) is 2.88. The molecule has 0 bridgehead atoms. The Morgan fingerprint density at radius 2 is 1.90 bits per heavy atom. The molecule has 0 radical (unpaired) electrons. The summed E-state index contributed by atoms with van der Waals surface area (Å²) in [6, 6.07) is 9.27. The Kier molecular flexibility index (Phi) is 3.89. The van der Waals surface area contributed by atoms with Gasteiger partial charge >= 0.3 is 5.97 Å². The van der Waals surface area contributed by atoms with Gasteiger partial charge in [-0.25, -0.2) is 9.18 Å². The first-order valence-corrected chi connectivity index (χ1v) is 6.02. The van der Waals surface area contributed by atoms with Gasteiger partial charge in [-0.1, -0.05) is 0 Å². The van der Waals surface area contributed by atoms with Crippen LogP contribution >= 0.6 is 0 Å². The third-order valence-electron chi connectivity index (χ3n) is 2.93. The number of nitrogens with two attached hydrogens (primary N) is 1. The Hall–Kier alpha value is -2.56. The minimum absolute atomic E-state index is 0.290. The SMILES string of the molecule is COC(=O)c1ccc(Nc2ccc(F)cc2C)c(N)c1. The Morgan fingerprint density at radius 3 is 2.50 bits per heavy atom. The maximum atomic E-state index is 13.0. The van der Waals surface area contributed by atoms with E-state index >= 15 is 0 Å². The lowest BCUT2D eigenvalue weighted by Crippen LogP contribution is -2.04. The molecule has 0 aliphatic rings. The summed E-state index contributed by atoms with van der Waals surface area (Å²) in [5, 5.41) is 3.11. The van der Waals surface area contributed by atoms with Crippen molar-refractivity contribution in [3.05, 3.63) is 53.3 Å². The summed E-state index contributed by atoms with van der Waals surface area (Å²) in [5.41, 5.74) is 8.86. The molecule has 0 amide bonds. The van der Waals surface area contributed by atoms with Crippen LogP contribution in [0.25, 0.3) is 0 Å². The molecule has 0 saturated heterocycles. The molecule has 0 fully saturated rings. The molecule has 2 aromatic rings. The molecule has 0 aliphatic heterocycles. The molecule has 3 N–H and O–H groups in total. The molecule has 5 heteroatoms. The second-order valence-corrected chi connectivity index (χ2v) is 4.38. The van der Waals surface area contributed by atoms with Gasteiger partial charge in [-0.2, -0.15) is 0 Å². The Bertz CT molecular complexity index is 656. The van der Waals surface area contributed by atoms with Gasteiger partial charge in [0.25, 0.3) is 0 Å². The van der Waals surface area contributed by atoms with E-state index in [2.05, 4.69) is 10.1 Å². The van der Waals surface area contributed by atoms with Gasteiger partial charge in [0.2, 0.25) is 0 Å². The highest BCUT2D eigenvalue weighted by molar-refractivity contribution is 5.92. The molecule has 2 aromatic carbocycles. The van der Waals surface area contributed by atoms with E-state index < -0.39 is 5.97 Å². The molecule has 0 heterocycles. The Morgan fingerprint density at radius 1 is 1.20 bits per heavy atom. The minimum Gasteiger partial charge on any atom is -0.465 e. The van der Waals surface area contributed by atoms with Gasteiger partial charge in [0.1, 0.15) is 5.82 Å². The molecule has 2 rings (SSSR count). The zero-order chi connectivity index (χ0) is 14.7. The molecule has 4 nitrogen and oxygen atoms in total. The number of ether oxygens (including phenoxy) is 1. The van der Waals surface area contributed by atoms with Crippen molar-refractivity contribution in [3.63, 3.8) is 0 Å². The van der Waals surface area contributed by atoms with Crippen molar-refractivity contribution >= 4 is 23.0 Å². The van der Waals surface area contributed by atoms with Gasteiger partial charge < -0.3 is 15.8 Å². The predicted octanol–water partition coefficient (Wildman–Crippen LogP) is 3.25. The highest BCUT2D eigenvalue weighted by Gasteiger charge is 2.09. The number of methoxy groups -OCH3 is 1. The monoisotopic (exact) mass is 274 g/mol. The van der Waals surface area contributed by atoms with Crippen molar-refractivity contribution in [2.24, 2.45) is 0 Å². The molecular formula is C15H15FN2O2. The first kappa shape index (κ1) is 13.9. The van der Waals surface area contributed by atoms with Crippen molar-refractivity contribution in [1.29, 1.82) is 0 Å². The van der Waals surface area contributed by atoms with E-state index in [0.717, 1.165) is 11.3 Å². The summed E-state index contributed by atoms with van der Waals surface area (Å²) in [6.07, 6.45) is 0. The number of esters is 1. The average Bonchev–Trinajstić information content (AvgIpc) is 2.42. The zero-order valence-corrected chi connectivity index (χ0v) is 11.2. The normalized spacial score (nSPS) is 10.2. The topological polar surface area (TPSA) is 64.3 Å². The number of hydrogen-bond donors (Lipinski definition) is 2. The maximum absolute atomic E-state index is 13.0. The van der Waals surface area contributed by atoms with Crippen molar-refractivity contribution in [2.75, 3.05) is 18.2 Å². The van der Waals surface area contributed by atoms with E-state index in [0.29, 0.717) is 16.9 Å². The molecular weight excluding hydrogens is 259 g/mol. The van der Waals surface area contributed by atoms with Gasteiger partial charge in [-0.05, 0) is 48.9 Å². The van der Waals surface area contributed by atoms with Crippen LogP contribution in [0.2, 0.25) is 0 Å². The standard InChI is InChI=1S/C15H15FN2O2/c1-9-7-11(16)4-6-13(9)18-14-5-3-10(8-12(14)17)15(19)20-2/h3-8,18H,17H2,1-2H3. The fourth-order valence-electron chi connectivity index (χ4n) is 1.83. The van der Waals surface area contributed by atoms with Crippen molar-refractivity contribution in [2.45, 2.75) is 6.92 Å². The number of benzene rings is 2. The van der Waals surface area contributed by atoms with Crippen LogP contribution < -0.4 is 11.1 Å². The Balaban J connectivity index is 2.28. The number of nitrogen functional groups attached to an aromatic ring is 1. The van der Waals surface area contributed by atoms with Crippen LogP contribution in [-0.2, 0) is 4.74 Å². The van der Waals surface area contributed by atoms with Crippen molar-refractivity contribution in [3.8, 4) is 0 Å². The number of aryl methyl sites for hydroxylation is 1. The van der Waals surface area contributed by atoms with Gasteiger partial charge in [0.05, 0.1) is 24.0 Å². The van der Waals surface area contributed by atoms with E-state index in [-0.39, 0.29) is 5.82 Å². The van der Waals surface area contributed by atoms with Crippen molar-refractivity contribution in [1.82, 2.24) is 0 Å². The molecule has 0 aliphatic carbocycles. The zero-order valence-electron chi connectivity index (χ0n) is 11.2. The summed E-state index contributed by atoms with van der Waals surface area (Å²) < 4.78 is 17.7. The first-order chi connectivity index (χ1) is 9.51. The number of nitrogens with one attached hydrogen (secondary N) is 1. The average molecular weight is 274 g/mol. The smallest absolute Gasteiger partial charge is 0.337 e. The summed E-state index contributed by atoms with van der Waals surface area (Å²) in [4.78, 5) is 11.4. The summed E-state index contributed by atoms with van der Waals surface area (Å²) in [6.45, 7) is 1.80. The molecule has 0 aromatic heterocycles. The summed E-state index contributed by atoms with van der Waals surface area (Å²) >= 11 is 0. The molecule has 20 heavy (non-hydrogen) atoms.